The van der Waals surface area contributed by atoms with E-state index in [-0.39, 0.29) is 24.1 Å². The van der Waals surface area contributed by atoms with Crippen molar-refractivity contribution in [3.05, 3.63) is 54.1 Å². The first kappa shape index (κ1) is 27.2. The van der Waals surface area contributed by atoms with Gasteiger partial charge in [-0.1, -0.05) is 0 Å². The van der Waals surface area contributed by atoms with Crippen LogP contribution in [-0.4, -0.2) is 74.4 Å². The number of nitrogens with zero attached hydrogens (tertiary/aromatic N) is 6. The summed E-state index contributed by atoms with van der Waals surface area (Å²) in [6.07, 6.45) is 4.98. The first-order valence-electron chi connectivity index (χ1n) is 13.3. The fourth-order valence-corrected chi connectivity index (χ4v) is 5.33. The van der Waals surface area contributed by atoms with Crippen molar-refractivity contribution < 1.29 is 19.1 Å². The molecular weight excluding hydrogens is 510 g/mol. The molecule has 1 N–H and O–H groups in total. The Morgan fingerprint density at radius 1 is 1.07 bits per heavy atom. The van der Waals surface area contributed by atoms with Crippen molar-refractivity contribution in [3.8, 4) is 5.75 Å². The van der Waals surface area contributed by atoms with Gasteiger partial charge in [0, 0.05) is 42.6 Å². The van der Waals surface area contributed by atoms with E-state index in [0.29, 0.717) is 41.3 Å². The molecule has 11 heteroatoms. The van der Waals surface area contributed by atoms with E-state index in [1.807, 2.05) is 64.3 Å². The second-order valence-corrected chi connectivity index (χ2v) is 11.3. The van der Waals surface area contributed by atoms with Gasteiger partial charge in [0.1, 0.15) is 11.1 Å². The van der Waals surface area contributed by atoms with Crippen molar-refractivity contribution in [2.45, 2.75) is 59.2 Å². The van der Waals surface area contributed by atoms with Crippen LogP contribution in [-0.2, 0) is 4.74 Å². The molecule has 210 valence electrons. The minimum atomic E-state index is -0.562. The quantitative estimate of drug-likeness (QED) is 0.393. The van der Waals surface area contributed by atoms with Gasteiger partial charge in [0.15, 0.2) is 11.4 Å². The topological polar surface area (TPSA) is 114 Å². The van der Waals surface area contributed by atoms with Gasteiger partial charge in [0.2, 0.25) is 0 Å². The first-order valence-corrected chi connectivity index (χ1v) is 13.3. The number of carbonyl (C=O) groups excluding carboxylic acids is 2. The third kappa shape index (κ3) is 5.23. The number of fused-ring (bicyclic) bond motifs is 2. The number of rotatable bonds is 4. The van der Waals surface area contributed by atoms with E-state index in [1.165, 1.54) is 0 Å². The number of piperazine rings is 1. The second-order valence-electron chi connectivity index (χ2n) is 11.3. The molecule has 4 heterocycles. The number of benzene rings is 1. The van der Waals surface area contributed by atoms with E-state index in [0.717, 1.165) is 16.8 Å². The summed E-state index contributed by atoms with van der Waals surface area (Å²) in [5.74, 6) is 0.242. The molecule has 0 unspecified atom stereocenters. The van der Waals surface area contributed by atoms with Crippen molar-refractivity contribution in [1.29, 1.82) is 0 Å². The molecule has 0 saturated carbocycles. The van der Waals surface area contributed by atoms with Crippen molar-refractivity contribution in [3.63, 3.8) is 0 Å². The number of amides is 2. The van der Waals surface area contributed by atoms with Crippen molar-refractivity contribution in [2.24, 2.45) is 0 Å². The summed E-state index contributed by atoms with van der Waals surface area (Å²) in [5, 5.41) is 12.2. The Morgan fingerprint density at radius 3 is 2.48 bits per heavy atom. The average molecular weight is 546 g/mol. The summed E-state index contributed by atoms with van der Waals surface area (Å²) < 4.78 is 13.0. The fraction of sp³-hybridized carbons (Fsp3) is 0.414. The van der Waals surface area contributed by atoms with E-state index >= 15 is 0 Å². The molecule has 2 amide bonds. The molecular formula is C29H35N7O4. The number of carbonyl (C=O) groups is 2. The number of pyridine rings is 1. The highest BCUT2D eigenvalue weighted by Gasteiger charge is 2.36. The van der Waals surface area contributed by atoms with E-state index < -0.39 is 5.60 Å². The summed E-state index contributed by atoms with van der Waals surface area (Å²) >= 11 is 0. The van der Waals surface area contributed by atoms with Gasteiger partial charge >= 0.3 is 6.09 Å². The lowest BCUT2D eigenvalue weighted by Crippen LogP contribution is -2.59. The molecule has 0 aliphatic carbocycles. The Hall–Kier alpha value is -4.41. The van der Waals surface area contributed by atoms with Crippen LogP contribution in [0.25, 0.3) is 16.6 Å². The smallest absolute Gasteiger partial charge is 0.410 e. The highest BCUT2D eigenvalue weighted by molar-refractivity contribution is 6.13. The van der Waals surface area contributed by atoms with E-state index in [2.05, 4.69) is 25.4 Å². The van der Waals surface area contributed by atoms with Crippen LogP contribution in [0.15, 0.2) is 42.9 Å². The Kier molecular flexibility index (Phi) is 6.99. The Labute approximate surface area is 233 Å². The molecule has 0 spiro atoms. The number of ether oxygens (including phenoxy) is 2. The van der Waals surface area contributed by atoms with Crippen LogP contribution in [0.1, 0.15) is 50.7 Å². The lowest BCUT2D eigenvalue weighted by molar-refractivity contribution is 0.00567. The van der Waals surface area contributed by atoms with Crippen LogP contribution in [0, 0.1) is 6.92 Å². The van der Waals surface area contributed by atoms with Gasteiger partial charge in [0.05, 0.1) is 42.3 Å². The Balaban J connectivity index is 1.42. The van der Waals surface area contributed by atoms with Crippen LogP contribution in [0.2, 0.25) is 0 Å². The highest BCUT2D eigenvalue weighted by Crippen LogP contribution is 2.32. The van der Waals surface area contributed by atoms with Gasteiger partial charge in [-0.2, -0.15) is 5.10 Å². The molecule has 1 saturated heterocycles. The van der Waals surface area contributed by atoms with E-state index in [1.54, 1.807) is 36.5 Å². The predicted octanol–water partition coefficient (Wildman–Crippen LogP) is 4.68. The number of nitrogens with one attached hydrogen (secondary N) is 1. The molecule has 4 aromatic rings. The van der Waals surface area contributed by atoms with Gasteiger partial charge in [0.25, 0.3) is 5.91 Å². The first-order chi connectivity index (χ1) is 18.9. The van der Waals surface area contributed by atoms with Crippen LogP contribution in [0.5, 0.6) is 5.75 Å². The summed E-state index contributed by atoms with van der Waals surface area (Å²) in [6.45, 7) is 12.8. The molecule has 5 rings (SSSR count). The SMILES string of the molecule is COc1cc(NC(=O)c2ccc(N3C[C@@H](C)N(C(=O)OC(C)(C)C)[C@@H](C)C3)c3ccnnc23)cn2cc(C)nc12. The maximum absolute atomic E-state index is 13.5. The third-order valence-corrected chi connectivity index (χ3v) is 6.88. The summed E-state index contributed by atoms with van der Waals surface area (Å²) in [5.41, 5.74) is 3.35. The molecule has 11 nitrogen and oxygen atoms in total. The molecule has 2 atom stereocenters. The molecule has 3 aromatic heterocycles. The maximum atomic E-state index is 13.5. The van der Waals surface area contributed by atoms with E-state index in [9.17, 15) is 9.59 Å². The Bertz CT molecular complexity index is 1580. The molecule has 1 aromatic carbocycles. The molecule has 0 radical (unpaired) electrons. The number of methoxy groups -OCH3 is 1. The van der Waals surface area contributed by atoms with Gasteiger partial charge in [-0.25, -0.2) is 9.78 Å². The normalized spacial score (nSPS) is 17.8. The van der Waals surface area contributed by atoms with Crippen molar-refractivity contribution in [2.75, 3.05) is 30.4 Å². The van der Waals surface area contributed by atoms with Gasteiger partial charge < -0.3 is 24.1 Å². The largest absolute Gasteiger partial charge is 0.493 e. The zero-order valence-corrected chi connectivity index (χ0v) is 23.9. The number of aryl methyl sites for hydroxylation is 1. The molecule has 40 heavy (non-hydrogen) atoms. The standard InChI is InChI=1S/C29H35N7O4/c1-17-13-35-16-20(12-24(39-7)26(35)31-17)32-27(37)22-8-9-23(21-10-11-30-33-25(21)22)34-14-18(2)36(19(3)15-34)28(38)40-29(4,5)6/h8-13,16,18-19H,14-15H2,1-7H3,(H,32,37)/t18-,19+. The van der Waals surface area contributed by atoms with Gasteiger partial charge in [-0.05, 0) is 59.7 Å². The van der Waals surface area contributed by atoms with Crippen LogP contribution < -0.4 is 15.0 Å². The van der Waals surface area contributed by atoms with Crippen LogP contribution in [0.4, 0.5) is 16.2 Å². The summed E-state index contributed by atoms with van der Waals surface area (Å²) in [4.78, 5) is 34.9. The molecule has 1 fully saturated rings. The predicted molar refractivity (Wildman–Crippen MR) is 153 cm³/mol. The number of hydrogen-bond donors (Lipinski definition) is 1. The van der Waals surface area contributed by atoms with Crippen LogP contribution >= 0.6 is 0 Å². The number of imidazole rings is 1. The Morgan fingerprint density at radius 2 is 1.80 bits per heavy atom. The van der Waals surface area contributed by atoms with Crippen LogP contribution in [0.3, 0.4) is 0 Å². The third-order valence-electron chi connectivity index (χ3n) is 6.88. The van der Waals surface area contributed by atoms with Crippen molar-refractivity contribution >= 4 is 39.9 Å². The number of hydrogen-bond acceptors (Lipinski definition) is 8. The van der Waals surface area contributed by atoms with Gasteiger partial charge in [-0.15, -0.1) is 5.10 Å². The van der Waals surface area contributed by atoms with Crippen molar-refractivity contribution in [1.82, 2.24) is 24.5 Å². The second kappa shape index (κ2) is 10.3. The monoisotopic (exact) mass is 545 g/mol. The fourth-order valence-electron chi connectivity index (χ4n) is 5.33. The number of anilines is 2. The average Bonchev–Trinajstić information content (AvgIpc) is 3.26. The minimum absolute atomic E-state index is 0.0804. The zero-order chi connectivity index (χ0) is 28.8. The molecule has 1 aliphatic heterocycles. The lowest BCUT2D eigenvalue weighted by Gasteiger charge is -2.45. The zero-order valence-electron chi connectivity index (χ0n) is 23.9. The molecule has 1 aliphatic rings. The van der Waals surface area contributed by atoms with E-state index in [4.69, 9.17) is 9.47 Å². The summed E-state index contributed by atoms with van der Waals surface area (Å²) in [6, 6.07) is 7.16. The van der Waals surface area contributed by atoms with Gasteiger partial charge in [-0.3, -0.25) is 9.69 Å². The summed E-state index contributed by atoms with van der Waals surface area (Å²) in [7, 11) is 1.57. The number of aromatic nitrogens is 4. The molecule has 0 bridgehead atoms. The lowest BCUT2D eigenvalue weighted by atomic mass is 10.0. The maximum Gasteiger partial charge on any atom is 0.410 e. The minimum Gasteiger partial charge on any atom is -0.493 e. The highest BCUT2D eigenvalue weighted by atomic mass is 16.6.